The van der Waals surface area contributed by atoms with Gasteiger partial charge in [-0.1, -0.05) is 36.4 Å². The number of nitrogens with zero attached hydrogens (tertiary/aromatic N) is 1. The number of ether oxygens (including phenoxy) is 1. The van der Waals surface area contributed by atoms with Crippen LogP contribution in [-0.4, -0.2) is 41.8 Å². The van der Waals surface area contributed by atoms with Crippen molar-refractivity contribution in [2.45, 2.75) is 24.8 Å². The van der Waals surface area contributed by atoms with Crippen LogP contribution in [-0.2, 0) is 17.6 Å². The van der Waals surface area contributed by atoms with E-state index < -0.39 is 11.6 Å². The molecule has 1 heterocycles. The Morgan fingerprint density at radius 2 is 1.93 bits per heavy atom. The van der Waals surface area contributed by atoms with Crippen molar-refractivity contribution in [3.63, 3.8) is 0 Å². The number of carbonyl (C=O) groups excluding carboxylic acids is 3. The third-order valence-corrected chi connectivity index (χ3v) is 5.37. The van der Waals surface area contributed by atoms with E-state index in [1.165, 1.54) is 12.7 Å². The lowest BCUT2D eigenvalue weighted by Crippen LogP contribution is -2.51. The maximum atomic E-state index is 13.1. The molecule has 6 nitrogen and oxygen atoms in total. The molecule has 0 aromatic heterocycles. The second-order valence-corrected chi connectivity index (χ2v) is 7.00. The molecule has 27 heavy (non-hydrogen) atoms. The molecule has 1 atom stereocenters. The Bertz CT molecular complexity index is 939. The fraction of sp³-hybridized carbons (Fsp3) is 0.286. The van der Waals surface area contributed by atoms with Gasteiger partial charge in [-0.2, -0.15) is 0 Å². The molecular formula is C21H20N2O4. The van der Waals surface area contributed by atoms with Crippen LogP contribution in [0.25, 0.3) is 0 Å². The fourth-order valence-electron chi connectivity index (χ4n) is 3.88. The third kappa shape index (κ3) is 2.97. The summed E-state index contributed by atoms with van der Waals surface area (Å²) in [5, 5.41) is 2.85. The zero-order chi connectivity index (χ0) is 19.0. The summed E-state index contributed by atoms with van der Waals surface area (Å²) in [4.78, 5) is 39.2. The lowest BCUT2D eigenvalue weighted by molar-refractivity contribution is -0.131. The van der Waals surface area contributed by atoms with Gasteiger partial charge in [0.25, 0.3) is 5.91 Å². The third-order valence-electron chi connectivity index (χ3n) is 5.37. The second kappa shape index (κ2) is 6.54. The lowest BCUT2D eigenvalue weighted by atomic mass is 9.78. The first-order chi connectivity index (χ1) is 13.0. The van der Waals surface area contributed by atoms with E-state index in [0.29, 0.717) is 24.2 Å². The van der Waals surface area contributed by atoms with E-state index in [9.17, 15) is 14.4 Å². The molecule has 1 saturated heterocycles. The standard InChI is InChI=1S/C21H20N2O4/c1-27-17-8-4-7-15(11-17)18(24)13-23-19(25)21(22-20(23)26)10-9-14-5-2-3-6-16(14)12-21/h2-8,11H,9-10,12-13H2,1H3,(H,22,26). The number of rotatable bonds is 4. The highest BCUT2D eigenvalue weighted by Crippen LogP contribution is 2.33. The number of fused-ring (bicyclic) bond motifs is 1. The molecule has 1 aliphatic heterocycles. The van der Waals surface area contributed by atoms with Crippen LogP contribution in [0.3, 0.4) is 0 Å². The lowest BCUT2D eigenvalue weighted by Gasteiger charge is -2.32. The number of methoxy groups -OCH3 is 1. The maximum Gasteiger partial charge on any atom is 0.325 e. The number of nitrogens with one attached hydrogen (secondary N) is 1. The topological polar surface area (TPSA) is 75.7 Å². The van der Waals surface area contributed by atoms with Crippen molar-refractivity contribution < 1.29 is 19.1 Å². The summed E-state index contributed by atoms with van der Waals surface area (Å²) < 4.78 is 5.13. The summed E-state index contributed by atoms with van der Waals surface area (Å²) in [6.45, 7) is -0.277. The van der Waals surface area contributed by atoms with Crippen molar-refractivity contribution in [2.24, 2.45) is 0 Å². The molecule has 3 amide bonds. The van der Waals surface area contributed by atoms with Gasteiger partial charge in [0.1, 0.15) is 11.3 Å². The first kappa shape index (κ1) is 17.3. The Morgan fingerprint density at radius 3 is 2.70 bits per heavy atom. The van der Waals surface area contributed by atoms with Crippen molar-refractivity contribution in [1.29, 1.82) is 0 Å². The minimum atomic E-state index is -0.944. The summed E-state index contributed by atoms with van der Waals surface area (Å²) in [6, 6.07) is 14.1. The summed E-state index contributed by atoms with van der Waals surface area (Å²) >= 11 is 0. The van der Waals surface area contributed by atoms with E-state index in [1.807, 2.05) is 24.3 Å². The maximum absolute atomic E-state index is 13.1. The number of aryl methyl sites for hydroxylation is 1. The Morgan fingerprint density at radius 1 is 1.15 bits per heavy atom. The van der Waals surface area contributed by atoms with Gasteiger partial charge in [0.05, 0.1) is 13.7 Å². The molecule has 2 aromatic rings. The van der Waals surface area contributed by atoms with Gasteiger partial charge in [-0.25, -0.2) is 4.79 Å². The van der Waals surface area contributed by atoms with Crippen LogP contribution in [0.1, 0.15) is 27.9 Å². The number of hydrogen-bond acceptors (Lipinski definition) is 4. The number of amides is 3. The Kier molecular flexibility index (Phi) is 4.18. The summed E-state index contributed by atoms with van der Waals surface area (Å²) in [5.41, 5.74) is 1.74. The monoisotopic (exact) mass is 364 g/mol. The smallest absolute Gasteiger partial charge is 0.325 e. The minimum absolute atomic E-state index is 0.277. The second-order valence-electron chi connectivity index (χ2n) is 7.00. The van der Waals surface area contributed by atoms with E-state index in [0.717, 1.165) is 16.9 Å². The van der Waals surface area contributed by atoms with Crippen molar-refractivity contribution in [3.05, 3.63) is 65.2 Å². The number of ketones is 1. The first-order valence-corrected chi connectivity index (χ1v) is 8.90. The van der Waals surface area contributed by atoms with Gasteiger partial charge >= 0.3 is 6.03 Å². The summed E-state index contributed by atoms with van der Waals surface area (Å²) in [5.74, 6) is -0.0673. The number of carbonyl (C=O) groups is 3. The van der Waals surface area contributed by atoms with E-state index in [1.54, 1.807) is 24.3 Å². The average Bonchev–Trinajstić information content (AvgIpc) is 2.91. The van der Waals surface area contributed by atoms with Gasteiger partial charge < -0.3 is 10.1 Å². The van der Waals surface area contributed by atoms with Crippen LogP contribution in [0.15, 0.2) is 48.5 Å². The predicted octanol–water partition coefficient (Wildman–Crippen LogP) is 2.36. The van der Waals surface area contributed by atoms with Crippen molar-refractivity contribution in [3.8, 4) is 5.75 Å². The predicted molar refractivity (Wildman–Crippen MR) is 98.8 cm³/mol. The molecular weight excluding hydrogens is 344 g/mol. The molecule has 2 aliphatic rings. The number of urea groups is 1. The molecule has 1 spiro atoms. The first-order valence-electron chi connectivity index (χ1n) is 8.90. The van der Waals surface area contributed by atoms with Crippen LogP contribution in [0.2, 0.25) is 0 Å². The molecule has 1 fully saturated rings. The Labute approximate surface area is 157 Å². The minimum Gasteiger partial charge on any atom is -0.497 e. The van der Waals surface area contributed by atoms with E-state index in [2.05, 4.69) is 5.32 Å². The van der Waals surface area contributed by atoms with Gasteiger partial charge in [0.15, 0.2) is 5.78 Å². The molecule has 1 unspecified atom stereocenters. The zero-order valence-corrected chi connectivity index (χ0v) is 15.0. The van der Waals surface area contributed by atoms with Crippen LogP contribution in [0.5, 0.6) is 5.75 Å². The largest absolute Gasteiger partial charge is 0.497 e. The van der Waals surface area contributed by atoms with Gasteiger partial charge in [-0.05, 0) is 36.1 Å². The Hall–Kier alpha value is -3.15. The number of hydrogen-bond donors (Lipinski definition) is 1. The van der Waals surface area contributed by atoms with Crippen LogP contribution < -0.4 is 10.1 Å². The average molecular weight is 364 g/mol. The van der Waals surface area contributed by atoms with Crippen LogP contribution in [0, 0.1) is 0 Å². The van der Waals surface area contributed by atoms with Gasteiger partial charge in [0, 0.05) is 12.0 Å². The molecule has 0 bridgehead atoms. The summed E-state index contributed by atoms with van der Waals surface area (Å²) in [7, 11) is 1.52. The van der Waals surface area contributed by atoms with Gasteiger partial charge in [-0.15, -0.1) is 0 Å². The highest BCUT2D eigenvalue weighted by atomic mass is 16.5. The molecule has 1 aliphatic carbocycles. The van der Waals surface area contributed by atoms with Crippen LogP contribution >= 0.6 is 0 Å². The summed E-state index contributed by atoms with van der Waals surface area (Å²) in [6.07, 6.45) is 1.72. The normalized spacial score (nSPS) is 21.1. The van der Waals surface area contributed by atoms with E-state index in [-0.39, 0.29) is 18.2 Å². The molecule has 1 N–H and O–H groups in total. The molecule has 4 rings (SSSR count). The van der Waals surface area contributed by atoms with Gasteiger partial charge in [-0.3, -0.25) is 14.5 Å². The molecule has 0 saturated carbocycles. The van der Waals surface area contributed by atoms with Gasteiger partial charge in [0.2, 0.25) is 0 Å². The number of benzene rings is 2. The number of Topliss-reactive ketones (excluding diaryl/α,β-unsaturated/α-hetero) is 1. The molecule has 2 aromatic carbocycles. The fourth-order valence-corrected chi connectivity index (χ4v) is 3.88. The van der Waals surface area contributed by atoms with Crippen molar-refractivity contribution in [2.75, 3.05) is 13.7 Å². The zero-order valence-electron chi connectivity index (χ0n) is 15.0. The highest BCUT2D eigenvalue weighted by Gasteiger charge is 2.52. The van der Waals surface area contributed by atoms with E-state index >= 15 is 0 Å². The quantitative estimate of drug-likeness (QED) is 0.667. The van der Waals surface area contributed by atoms with Crippen molar-refractivity contribution >= 4 is 17.7 Å². The number of imide groups is 1. The van der Waals surface area contributed by atoms with Crippen molar-refractivity contribution in [1.82, 2.24) is 10.2 Å². The van der Waals surface area contributed by atoms with Crippen LogP contribution in [0.4, 0.5) is 4.79 Å². The SMILES string of the molecule is COc1cccc(C(=O)CN2C(=O)NC3(CCc4ccccc4C3)C2=O)c1. The molecule has 138 valence electrons. The Balaban J connectivity index is 1.54. The van der Waals surface area contributed by atoms with E-state index in [4.69, 9.17) is 4.74 Å². The highest BCUT2D eigenvalue weighted by molar-refractivity contribution is 6.11. The molecule has 6 heteroatoms. The molecule has 0 radical (unpaired) electrons.